The predicted molar refractivity (Wildman–Crippen MR) is 66.1 cm³/mol. The van der Waals surface area contributed by atoms with Crippen LogP contribution >= 0.6 is 0 Å². The van der Waals surface area contributed by atoms with Crippen molar-refractivity contribution in [3.8, 4) is 0 Å². The molecule has 0 radical (unpaired) electrons. The fraction of sp³-hybridized carbons (Fsp3) is 0.917. The summed E-state index contributed by atoms with van der Waals surface area (Å²) in [6.07, 6.45) is 2.98. The molecule has 1 fully saturated rings. The lowest BCUT2D eigenvalue weighted by molar-refractivity contribution is -0.136. The SMILES string of the molecule is CC(CCN)C(=O)N1CCC(N(C)C)CC1. The largest absolute Gasteiger partial charge is 0.342 e. The third kappa shape index (κ3) is 3.46. The van der Waals surface area contributed by atoms with E-state index in [9.17, 15) is 4.79 Å². The fourth-order valence-electron chi connectivity index (χ4n) is 2.29. The van der Waals surface area contributed by atoms with Crippen molar-refractivity contribution in [2.24, 2.45) is 11.7 Å². The first-order chi connectivity index (χ1) is 7.56. The maximum atomic E-state index is 12.0. The number of carbonyl (C=O) groups is 1. The van der Waals surface area contributed by atoms with Gasteiger partial charge in [0.2, 0.25) is 5.91 Å². The summed E-state index contributed by atoms with van der Waals surface area (Å²) in [6, 6.07) is 0.633. The fourth-order valence-corrected chi connectivity index (χ4v) is 2.29. The summed E-state index contributed by atoms with van der Waals surface area (Å²) in [5.41, 5.74) is 5.48. The minimum Gasteiger partial charge on any atom is -0.342 e. The number of amides is 1. The zero-order valence-electron chi connectivity index (χ0n) is 10.8. The van der Waals surface area contributed by atoms with E-state index in [-0.39, 0.29) is 11.8 Å². The molecule has 1 atom stereocenters. The molecule has 94 valence electrons. The summed E-state index contributed by atoms with van der Waals surface area (Å²) in [4.78, 5) is 16.3. The van der Waals surface area contributed by atoms with Gasteiger partial charge < -0.3 is 15.5 Å². The Labute approximate surface area is 98.8 Å². The minimum absolute atomic E-state index is 0.0842. The summed E-state index contributed by atoms with van der Waals surface area (Å²) in [5, 5.41) is 0. The Morgan fingerprint density at radius 3 is 2.44 bits per heavy atom. The third-order valence-electron chi connectivity index (χ3n) is 3.53. The minimum atomic E-state index is 0.0842. The standard InChI is InChI=1S/C12H25N3O/c1-10(4-7-13)12(16)15-8-5-11(6-9-15)14(2)3/h10-11H,4-9,13H2,1-3H3. The molecule has 0 bridgehead atoms. The van der Waals surface area contributed by atoms with E-state index in [2.05, 4.69) is 19.0 Å². The van der Waals surface area contributed by atoms with Crippen molar-refractivity contribution in [1.29, 1.82) is 0 Å². The Morgan fingerprint density at radius 2 is 2.00 bits per heavy atom. The number of likely N-dealkylation sites (tertiary alicyclic amines) is 1. The lowest BCUT2D eigenvalue weighted by Crippen LogP contribution is -2.46. The molecule has 0 saturated carbocycles. The molecule has 1 aliphatic rings. The van der Waals surface area contributed by atoms with Crippen molar-refractivity contribution in [2.45, 2.75) is 32.2 Å². The molecule has 1 aliphatic heterocycles. The van der Waals surface area contributed by atoms with E-state index in [1.165, 1.54) is 0 Å². The van der Waals surface area contributed by atoms with Gasteiger partial charge in [0.25, 0.3) is 0 Å². The molecule has 1 rings (SSSR count). The summed E-state index contributed by atoms with van der Waals surface area (Å²) >= 11 is 0. The van der Waals surface area contributed by atoms with Crippen molar-refractivity contribution in [3.05, 3.63) is 0 Å². The van der Waals surface area contributed by atoms with Crippen molar-refractivity contribution >= 4 is 5.91 Å². The van der Waals surface area contributed by atoms with Gasteiger partial charge in [0.1, 0.15) is 0 Å². The van der Waals surface area contributed by atoms with Gasteiger partial charge in [-0.25, -0.2) is 0 Å². The van der Waals surface area contributed by atoms with Crippen molar-refractivity contribution < 1.29 is 4.79 Å². The molecule has 1 unspecified atom stereocenters. The molecular weight excluding hydrogens is 202 g/mol. The van der Waals surface area contributed by atoms with Crippen molar-refractivity contribution in [3.63, 3.8) is 0 Å². The Kier molecular flexibility index (Phi) is 5.22. The van der Waals surface area contributed by atoms with E-state index in [4.69, 9.17) is 5.73 Å². The lowest BCUT2D eigenvalue weighted by atomic mass is 10.0. The van der Waals surface area contributed by atoms with Crippen molar-refractivity contribution in [1.82, 2.24) is 9.80 Å². The zero-order chi connectivity index (χ0) is 12.1. The van der Waals surface area contributed by atoms with Crippen LogP contribution in [0.1, 0.15) is 26.2 Å². The van der Waals surface area contributed by atoms with Gasteiger partial charge in [-0.15, -0.1) is 0 Å². The van der Waals surface area contributed by atoms with Crippen LogP contribution in [0.2, 0.25) is 0 Å². The third-order valence-corrected chi connectivity index (χ3v) is 3.53. The molecule has 2 N–H and O–H groups in total. The molecule has 4 heteroatoms. The molecule has 0 spiro atoms. The summed E-state index contributed by atoms with van der Waals surface area (Å²) in [6.45, 7) is 4.38. The van der Waals surface area contributed by atoms with Crippen LogP contribution in [0, 0.1) is 5.92 Å². The highest BCUT2D eigenvalue weighted by Gasteiger charge is 2.26. The number of nitrogens with two attached hydrogens (primary N) is 1. The summed E-state index contributed by atoms with van der Waals surface area (Å²) < 4.78 is 0. The lowest BCUT2D eigenvalue weighted by Gasteiger charge is -2.36. The monoisotopic (exact) mass is 227 g/mol. The van der Waals surface area contributed by atoms with Crippen molar-refractivity contribution in [2.75, 3.05) is 33.7 Å². The van der Waals surface area contributed by atoms with E-state index in [1.54, 1.807) is 0 Å². The van der Waals surface area contributed by atoms with Gasteiger partial charge in [0.05, 0.1) is 0 Å². The van der Waals surface area contributed by atoms with E-state index in [1.807, 2.05) is 11.8 Å². The molecule has 1 heterocycles. The summed E-state index contributed by atoms with van der Waals surface area (Å²) in [5.74, 6) is 0.364. The van der Waals surface area contributed by atoms with Crippen LogP contribution in [-0.2, 0) is 4.79 Å². The molecule has 1 amide bonds. The smallest absolute Gasteiger partial charge is 0.225 e. The number of carbonyl (C=O) groups excluding carboxylic acids is 1. The number of hydrogen-bond acceptors (Lipinski definition) is 3. The first-order valence-corrected chi connectivity index (χ1v) is 6.21. The molecule has 0 aliphatic carbocycles. The van der Waals surface area contributed by atoms with Gasteiger partial charge >= 0.3 is 0 Å². The van der Waals surface area contributed by atoms with E-state index in [0.717, 1.165) is 32.4 Å². The molecule has 1 saturated heterocycles. The van der Waals surface area contributed by atoms with Crippen LogP contribution in [-0.4, -0.2) is 55.5 Å². The maximum Gasteiger partial charge on any atom is 0.225 e. The highest BCUT2D eigenvalue weighted by atomic mass is 16.2. The highest BCUT2D eigenvalue weighted by molar-refractivity contribution is 5.78. The second kappa shape index (κ2) is 6.21. The highest BCUT2D eigenvalue weighted by Crippen LogP contribution is 2.17. The van der Waals surface area contributed by atoms with E-state index in [0.29, 0.717) is 12.6 Å². The van der Waals surface area contributed by atoms with Gasteiger partial charge in [-0.2, -0.15) is 0 Å². The second-order valence-corrected chi connectivity index (χ2v) is 5.00. The average molecular weight is 227 g/mol. The number of hydrogen-bond donors (Lipinski definition) is 1. The second-order valence-electron chi connectivity index (χ2n) is 5.00. The van der Waals surface area contributed by atoms with Gasteiger partial charge in [0.15, 0.2) is 0 Å². The Morgan fingerprint density at radius 1 is 1.44 bits per heavy atom. The zero-order valence-corrected chi connectivity index (χ0v) is 10.8. The van der Waals surface area contributed by atoms with Crippen LogP contribution in [0.25, 0.3) is 0 Å². The van der Waals surface area contributed by atoms with Crippen LogP contribution in [0.4, 0.5) is 0 Å². The quantitative estimate of drug-likeness (QED) is 0.762. The molecular formula is C12H25N3O. The molecule has 0 aromatic rings. The first kappa shape index (κ1) is 13.5. The Bertz CT molecular complexity index is 222. The molecule has 0 aromatic carbocycles. The predicted octanol–water partition coefficient (Wildman–Crippen LogP) is 0.524. The molecule has 0 aromatic heterocycles. The normalized spacial score (nSPS) is 20.2. The van der Waals surface area contributed by atoms with Gasteiger partial charge in [-0.3, -0.25) is 4.79 Å². The molecule has 4 nitrogen and oxygen atoms in total. The van der Waals surface area contributed by atoms with Crippen LogP contribution in [0.3, 0.4) is 0 Å². The Hall–Kier alpha value is -0.610. The topological polar surface area (TPSA) is 49.6 Å². The number of rotatable bonds is 4. The van der Waals surface area contributed by atoms with E-state index >= 15 is 0 Å². The average Bonchev–Trinajstić information content (AvgIpc) is 2.28. The van der Waals surface area contributed by atoms with Gasteiger partial charge in [-0.05, 0) is 39.9 Å². The number of piperidine rings is 1. The first-order valence-electron chi connectivity index (χ1n) is 6.21. The number of nitrogens with zero attached hydrogens (tertiary/aromatic N) is 2. The molecule has 16 heavy (non-hydrogen) atoms. The van der Waals surface area contributed by atoms with Crippen LogP contribution < -0.4 is 5.73 Å². The summed E-state index contributed by atoms with van der Waals surface area (Å²) in [7, 11) is 4.22. The van der Waals surface area contributed by atoms with Gasteiger partial charge in [0, 0.05) is 25.0 Å². The van der Waals surface area contributed by atoms with E-state index < -0.39 is 0 Å². The van der Waals surface area contributed by atoms with Gasteiger partial charge in [-0.1, -0.05) is 6.92 Å². The van der Waals surface area contributed by atoms with Crippen LogP contribution in [0.15, 0.2) is 0 Å². The maximum absolute atomic E-state index is 12.0. The Balaban J connectivity index is 2.38. The van der Waals surface area contributed by atoms with Crippen LogP contribution in [0.5, 0.6) is 0 Å².